The first-order valence-corrected chi connectivity index (χ1v) is 6.65. The molecule has 1 aliphatic rings. The van der Waals surface area contributed by atoms with Crippen LogP contribution in [0.1, 0.15) is 22.7 Å². The number of hydrogen-bond donors (Lipinski definition) is 2. The zero-order chi connectivity index (χ0) is 16.6. The molecule has 0 radical (unpaired) electrons. The molecule has 0 spiro atoms. The van der Waals surface area contributed by atoms with Crippen molar-refractivity contribution in [1.29, 1.82) is 5.26 Å². The van der Waals surface area contributed by atoms with Crippen molar-refractivity contribution in [2.45, 2.75) is 12.5 Å². The number of aromatic amines is 1. The van der Waals surface area contributed by atoms with E-state index in [0.717, 1.165) is 12.1 Å². The summed E-state index contributed by atoms with van der Waals surface area (Å²) in [5, 5.41) is 16.1. The second kappa shape index (κ2) is 5.70. The van der Waals surface area contributed by atoms with Gasteiger partial charge in [0.1, 0.15) is 11.6 Å². The second-order valence-corrected chi connectivity index (χ2v) is 4.95. The normalized spacial score (nSPS) is 16.7. The summed E-state index contributed by atoms with van der Waals surface area (Å²) in [5.74, 6) is -2.64. The molecular formula is C15H12F2N4O2. The Labute approximate surface area is 130 Å². The highest BCUT2D eigenvalue weighted by atomic mass is 19.2. The van der Waals surface area contributed by atoms with Gasteiger partial charge >= 0.3 is 0 Å². The highest BCUT2D eigenvalue weighted by Crippen LogP contribution is 2.43. The van der Waals surface area contributed by atoms with E-state index < -0.39 is 17.6 Å². The van der Waals surface area contributed by atoms with Gasteiger partial charge in [0, 0.05) is 7.11 Å². The average molecular weight is 318 g/mol. The third kappa shape index (κ3) is 2.41. The van der Waals surface area contributed by atoms with Crippen LogP contribution in [0.2, 0.25) is 0 Å². The van der Waals surface area contributed by atoms with Gasteiger partial charge in [-0.05, 0) is 17.7 Å². The maximum atomic E-state index is 13.6. The van der Waals surface area contributed by atoms with Crippen molar-refractivity contribution in [2.75, 3.05) is 7.11 Å². The van der Waals surface area contributed by atoms with Gasteiger partial charge in [-0.15, -0.1) is 5.10 Å². The number of rotatable bonds is 3. The quantitative estimate of drug-likeness (QED) is 0.903. The van der Waals surface area contributed by atoms with Gasteiger partial charge in [0.05, 0.1) is 23.8 Å². The summed E-state index contributed by atoms with van der Waals surface area (Å²) < 4.78 is 37.3. The van der Waals surface area contributed by atoms with Crippen LogP contribution in [0.5, 0.6) is 5.88 Å². The van der Waals surface area contributed by atoms with Crippen LogP contribution in [0.4, 0.5) is 8.78 Å². The van der Waals surface area contributed by atoms with E-state index in [1.807, 2.05) is 6.07 Å². The monoisotopic (exact) mass is 318 g/mol. The average Bonchev–Trinajstić information content (AvgIpc) is 2.91. The number of benzene rings is 1. The van der Waals surface area contributed by atoms with E-state index in [1.165, 1.54) is 13.2 Å². The predicted molar refractivity (Wildman–Crippen MR) is 75.0 cm³/mol. The van der Waals surface area contributed by atoms with Gasteiger partial charge in [0.25, 0.3) is 0 Å². The van der Waals surface area contributed by atoms with Crippen LogP contribution >= 0.6 is 0 Å². The number of ether oxygens (including phenoxy) is 2. The molecule has 2 aromatic rings. The van der Waals surface area contributed by atoms with Crippen molar-refractivity contribution in [3.8, 4) is 11.9 Å². The van der Waals surface area contributed by atoms with E-state index in [1.54, 1.807) is 0 Å². The molecule has 118 valence electrons. The molecule has 0 unspecified atom stereocenters. The molecule has 0 fully saturated rings. The van der Waals surface area contributed by atoms with Crippen molar-refractivity contribution < 1.29 is 18.3 Å². The molecule has 0 saturated heterocycles. The van der Waals surface area contributed by atoms with Crippen molar-refractivity contribution in [2.24, 2.45) is 5.73 Å². The number of hydrogen-bond acceptors (Lipinski definition) is 5. The number of H-pyrrole nitrogens is 1. The molecule has 0 saturated carbocycles. The third-order valence-electron chi connectivity index (χ3n) is 3.58. The molecule has 0 amide bonds. The predicted octanol–water partition coefficient (Wildman–Crippen LogP) is 2.05. The van der Waals surface area contributed by atoms with Crippen molar-refractivity contribution in [1.82, 2.24) is 10.2 Å². The molecule has 1 aliphatic heterocycles. The van der Waals surface area contributed by atoms with Crippen LogP contribution in [-0.4, -0.2) is 17.3 Å². The summed E-state index contributed by atoms with van der Waals surface area (Å²) in [7, 11) is 1.50. The molecule has 0 bridgehead atoms. The molecule has 6 nitrogen and oxygen atoms in total. The molecule has 3 N–H and O–H groups in total. The Balaban J connectivity index is 2.21. The van der Waals surface area contributed by atoms with Crippen LogP contribution in [0.25, 0.3) is 0 Å². The van der Waals surface area contributed by atoms with Gasteiger partial charge in [-0.3, -0.25) is 5.10 Å². The zero-order valence-electron chi connectivity index (χ0n) is 12.1. The lowest BCUT2D eigenvalue weighted by molar-refractivity contribution is 0.180. The number of methoxy groups -OCH3 is 1. The van der Waals surface area contributed by atoms with E-state index in [2.05, 4.69) is 10.2 Å². The van der Waals surface area contributed by atoms with E-state index in [4.69, 9.17) is 15.2 Å². The van der Waals surface area contributed by atoms with Crippen LogP contribution in [0.15, 0.2) is 29.7 Å². The fraction of sp³-hybridized carbons (Fsp3) is 0.200. The third-order valence-corrected chi connectivity index (χ3v) is 3.58. The summed E-state index contributed by atoms with van der Waals surface area (Å²) in [6.45, 7) is 0.185. The Morgan fingerprint density at radius 3 is 2.87 bits per heavy atom. The first-order chi connectivity index (χ1) is 11.1. The van der Waals surface area contributed by atoms with Crippen molar-refractivity contribution in [3.05, 3.63) is 58.1 Å². The number of nitriles is 1. The van der Waals surface area contributed by atoms with Crippen LogP contribution in [0.3, 0.4) is 0 Å². The van der Waals surface area contributed by atoms with E-state index >= 15 is 0 Å². The number of nitrogens with one attached hydrogen (secondary N) is 1. The Bertz CT molecular complexity index is 838. The SMILES string of the molecule is COCc1[nH]nc2c1[C@H](c1ccc(F)c(F)c1)C(C#N)=C(N)O2. The highest BCUT2D eigenvalue weighted by Gasteiger charge is 2.35. The van der Waals surface area contributed by atoms with Crippen LogP contribution in [-0.2, 0) is 11.3 Å². The summed E-state index contributed by atoms with van der Waals surface area (Å²) in [6.07, 6.45) is 0. The minimum atomic E-state index is -1.01. The van der Waals surface area contributed by atoms with Crippen molar-refractivity contribution >= 4 is 0 Å². The minimum absolute atomic E-state index is 0.0993. The number of fused-ring (bicyclic) bond motifs is 1. The second-order valence-electron chi connectivity index (χ2n) is 4.95. The molecule has 23 heavy (non-hydrogen) atoms. The van der Waals surface area contributed by atoms with Gasteiger partial charge in [-0.25, -0.2) is 8.78 Å². The lowest BCUT2D eigenvalue weighted by atomic mass is 9.84. The number of halogens is 2. The lowest BCUT2D eigenvalue weighted by Crippen LogP contribution is -2.21. The summed E-state index contributed by atoms with van der Waals surface area (Å²) in [6, 6.07) is 5.39. The van der Waals surface area contributed by atoms with Crippen LogP contribution in [0, 0.1) is 23.0 Å². The Kier molecular flexibility index (Phi) is 3.72. The van der Waals surface area contributed by atoms with Gasteiger partial charge in [0.2, 0.25) is 11.8 Å². The van der Waals surface area contributed by atoms with Gasteiger partial charge in [-0.1, -0.05) is 6.07 Å². The van der Waals surface area contributed by atoms with E-state index in [-0.39, 0.29) is 23.9 Å². The zero-order valence-corrected chi connectivity index (χ0v) is 12.1. The summed E-state index contributed by atoms with van der Waals surface area (Å²) in [5.41, 5.74) is 7.32. The molecule has 1 aromatic heterocycles. The highest BCUT2D eigenvalue weighted by molar-refractivity contribution is 5.55. The van der Waals surface area contributed by atoms with Gasteiger partial charge in [-0.2, -0.15) is 5.26 Å². The topological polar surface area (TPSA) is 97.0 Å². The Morgan fingerprint density at radius 1 is 1.43 bits per heavy atom. The molecule has 1 aromatic carbocycles. The standard InChI is InChI=1S/C15H12F2N4O2/c1-22-6-11-13-12(7-2-3-9(16)10(17)4-7)8(5-18)14(19)23-15(13)21-20-11/h2-4,12H,6,19H2,1H3,(H,20,21)/t12-/m1/s1. The van der Waals surface area contributed by atoms with Gasteiger partial charge < -0.3 is 15.2 Å². The number of nitrogens with two attached hydrogens (primary N) is 1. The summed E-state index contributed by atoms with van der Waals surface area (Å²) in [4.78, 5) is 0. The number of allylic oxidation sites excluding steroid dienone is 1. The smallest absolute Gasteiger partial charge is 0.244 e. The maximum absolute atomic E-state index is 13.6. The molecule has 1 atom stereocenters. The maximum Gasteiger partial charge on any atom is 0.244 e. The first kappa shape index (κ1) is 15.0. The fourth-order valence-electron chi connectivity index (χ4n) is 2.59. The van der Waals surface area contributed by atoms with Gasteiger partial charge in [0.15, 0.2) is 11.6 Å². The fourth-order valence-corrected chi connectivity index (χ4v) is 2.59. The van der Waals surface area contributed by atoms with Crippen molar-refractivity contribution in [3.63, 3.8) is 0 Å². The lowest BCUT2D eigenvalue weighted by Gasteiger charge is -2.24. The minimum Gasteiger partial charge on any atom is -0.420 e. The molecule has 2 heterocycles. The number of nitrogens with zero attached hydrogens (tertiary/aromatic N) is 2. The Morgan fingerprint density at radius 2 is 2.22 bits per heavy atom. The molecule has 3 rings (SSSR count). The van der Waals surface area contributed by atoms with E-state index in [9.17, 15) is 14.0 Å². The largest absolute Gasteiger partial charge is 0.420 e. The molecular weight excluding hydrogens is 306 g/mol. The molecule has 0 aliphatic carbocycles. The first-order valence-electron chi connectivity index (χ1n) is 6.65. The van der Waals surface area contributed by atoms with E-state index in [0.29, 0.717) is 16.8 Å². The summed E-state index contributed by atoms with van der Waals surface area (Å²) >= 11 is 0. The Hall–Kier alpha value is -2.92. The van der Waals surface area contributed by atoms with Crippen LogP contribution < -0.4 is 10.5 Å². The molecule has 8 heteroatoms. The number of aromatic nitrogens is 2.